The Morgan fingerprint density at radius 3 is 2.78 bits per heavy atom. The van der Waals surface area contributed by atoms with Crippen LogP contribution in [0.1, 0.15) is 82.5 Å². The lowest BCUT2D eigenvalue weighted by Gasteiger charge is -2.35. The van der Waals surface area contributed by atoms with Gasteiger partial charge in [-0.05, 0) is 38.5 Å². The normalized spacial score (nSPS) is 23.0. The summed E-state index contributed by atoms with van der Waals surface area (Å²) >= 11 is 0. The molecule has 23 heavy (non-hydrogen) atoms. The van der Waals surface area contributed by atoms with Gasteiger partial charge >= 0.3 is 6.03 Å². The molecule has 0 radical (unpaired) electrons. The number of likely N-dealkylation sites (tertiary alicyclic amines) is 1. The van der Waals surface area contributed by atoms with Gasteiger partial charge in [0.1, 0.15) is 6.04 Å². The van der Waals surface area contributed by atoms with Crippen LogP contribution in [0, 0.1) is 0 Å². The van der Waals surface area contributed by atoms with Gasteiger partial charge in [-0.15, -0.1) is 0 Å². The maximum absolute atomic E-state index is 12.7. The second-order valence-corrected chi connectivity index (χ2v) is 6.79. The Balaban J connectivity index is 1.66. The topological polar surface area (TPSA) is 71.3 Å². The van der Waals surface area contributed by atoms with E-state index in [0.29, 0.717) is 11.9 Å². The molecule has 1 aliphatic heterocycles. The fraction of sp³-hybridized carbons (Fsp3) is 0.824. The molecule has 2 fully saturated rings. The quantitative estimate of drug-likeness (QED) is 0.920. The van der Waals surface area contributed by atoms with Crippen LogP contribution in [0.3, 0.4) is 0 Å². The Bertz CT molecular complexity index is 510. The number of piperidine rings is 1. The number of rotatable bonds is 4. The van der Waals surface area contributed by atoms with E-state index in [9.17, 15) is 4.79 Å². The highest BCUT2D eigenvalue weighted by atomic mass is 16.5. The lowest BCUT2D eigenvalue weighted by Crippen LogP contribution is -2.48. The summed E-state index contributed by atoms with van der Waals surface area (Å²) in [5, 5.41) is 7.26. The van der Waals surface area contributed by atoms with Crippen molar-refractivity contribution in [2.24, 2.45) is 0 Å². The van der Waals surface area contributed by atoms with Crippen molar-refractivity contribution in [3.63, 3.8) is 0 Å². The van der Waals surface area contributed by atoms with Crippen molar-refractivity contribution in [1.29, 1.82) is 0 Å². The monoisotopic (exact) mass is 320 g/mol. The zero-order valence-corrected chi connectivity index (χ0v) is 14.1. The molecular weight excluding hydrogens is 292 g/mol. The third-order valence-electron chi connectivity index (χ3n) is 4.94. The average molecular weight is 320 g/mol. The van der Waals surface area contributed by atoms with E-state index in [1.807, 2.05) is 4.90 Å². The lowest BCUT2D eigenvalue weighted by molar-refractivity contribution is 0.127. The van der Waals surface area contributed by atoms with E-state index in [1.165, 1.54) is 19.3 Å². The van der Waals surface area contributed by atoms with Gasteiger partial charge in [0.2, 0.25) is 5.89 Å². The molecule has 1 aromatic rings. The first-order valence-corrected chi connectivity index (χ1v) is 9.17. The van der Waals surface area contributed by atoms with Gasteiger partial charge in [-0.25, -0.2) is 4.79 Å². The minimum absolute atomic E-state index is 0.0387. The van der Waals surface area contributed by atoms with Crippen LogP contribution < -0.4 is 5.32 Å². The largest absolute Gasteiger partial charge is 0.337 e. The lowest BCUT2D eigenvalue weighted by atomic mass is 9.95. The minimum atomic E-state index is -0.0644. The number of hydrogen-bond donors (Lipinski definition) is 1. The van der Waals surface area contributed by atoms with Crippen LogP contribution in [-0.4, -0.2) is 33.7 Å². The molecule has 1 saturated heterocycles. The molecule has 1 atom stereocenters. The van der Waals surface area contributed by atoms with Crippen molar-refractivity contribution in [2.45, 2.75) is 83.2 Å². The number of aryl methyl sites for hydroxylation is 1. The Kier molecular flexibility index (Phi) is 5.51. The first-order valence-electron chi connectivity index (χ1n) is 9.17. The Morgan fingerprint density at radius 2 is 2.00 bits per heavy atom. The molecule has 0 aromatic carbocycles. The Hall–Kier alpha value is -1.59. The van der Waals surface area contributed by atoms with E-state index in [4.69, 9.17) is 4.52 Å². The predicted octanol–water partition coefficient (Wildman–Crippen LogP) is 3.59. The van der Waals surface area contributed by atoms with Crippen molar-refractivity contribution in [3.05, 3.63) is 11.7 Å². The van der Waals surface area contributed by atoms with Gasteiger partial charge < -0.3 is 14.7 Å². The summed E-state index contributed by atoms with van der Waals surface area (Å²) in [5.74, 6) is 1.35. The summed E-state index contributed by atoms with van der Waals surface area (Å²) < 4.78 is 5.44. The van der Waals surface area contributed by atoms with Gasteiger partial charge in [-0.1, -0.05) is 31.3 Å². The summed E-state index contributed by atoms with van der Waals surface area (Å²) in [6, 6.07) is 0.305. The molecule has 0 bridgehead atoms. The second kappa shape index (κ2) is 7.79. The van der Waals surface area contributed by atoms with E-state index in [2.05, 4.69) is 22.4 Å². The van der Waals surface area contributed by atoms with Crippen LogP contribution in [0.2, 0.25) is 0 Å². The number of nitrogens with zero attached hydrogens (tertiary/aromatic N) is 3. The van der Waals surface area contributed by atoms with Gasteiger partial charge in [0, 0.05) is 19.0 Å². The van der Waals surface area contributed by atoms with Crippen molar-refractivity contribution < 1.29 is 9.32 Å². The van der Waals surface area contributed by atoms with Crippen LogP contribution in [0.15, 0.2) is 4.52 Å². The molecular formula is C17H28N4O2. The highest BCUT2D eigenvalue weighted by Gasteiger charge is 2.33. The number of nitrogens with one attached hydrogen (secondary N) is 1. The third-order valence-corrected chi connectivity index (χ3v) is 4.94. The van der Waals surface area contributed by atoms with E-state index in [1.54, 1.807) is 0 Å². The van der Waals surface area contributed by atoms with Crippen LogP contribution in [-0.2, 0) is 6.42 Å². The first-order chi connectivity index (χ1) is 11.3. The summed E-state index contributed by atoms with van der Waals surface area (Å²) in [4.78, 5) is 19.1. The van der Waals surface area contributed by atoms with Crippen LogP contribution in [0.4, 0.5) is 4.79 Å². The molecule has 0 unspecified atom stereocenters. The molecule has 1 saturated carbocycles. The van der Waals surface area contributed by atoms with Crippen LogP contribution in [0.25, 0.3) is 0 Å². The molecule has 1 aromatic heterocycles. The summed E-state index contributed by atoms with van der Waals surface area (Å²) in [5.41, 5.74) is 0. The first kappa shape index (κ1) is 16.3. The molecule has 128 valence electrons. The van der Waals surface area contributed by atoms with Gasteiger partial charge in [-0.3, -0.25) is 0 Å². The van der Waals surface area contributed by atoms with Crippen molar-refractivity contribution in [1.82, 2.24) is 20.4 Å². The van der Waals surface area contributed by atoms with Gasteiger partial charge in [0.25, 0.3) is 0 Å². The van der Waals surface area contributed by atoms with E-state index in [-0.39, 0.29) is 12.1 Å². The highest BCUT2D eigenvalue weighted by Crippen LogP contribution is 2.30. The molecule has 2 heterocycles. The Labute approximate surface area is 138 Å². The fourth-order valence-electron chi connectivity index (χ4n) is 3.66. The summed E-state index contributed by atoms with van der Waals surface area (Å²) in [6.45, 7) is 2.87. The van der Waals surface area contributed by atoms with E-state index in [0.717, 1.165) is 57.3 Å². The molecule has 2 aliphatic rings. The summed E-state index contributed by atoms with van der Waals surface area (Å²) in [6.07, 6.45) is 10.8. The maximum Gasteiger partial charge on any atom is 0.318 e. The number of aromatic nitrogens is 2. The van der Waals surface area contributed by atoms with Crippen LogP contribution in [0.5, 0.6) is 0 Å². The Morgan fingerprint density at radius 1 is 1.22 bits per heavy atom. The molecule has 1 aliphatic carbocycles. The van der Waals surface area contributed by atoms with Gasteiger partial charge in [0.05, 0.1) is 0 Å². The predicted molar refractivity (Wildman–Crippen MR) is 87.0 cm³/mol. The number of amides is 2. The van der Waals surface area contributed by atoms with Crippen molar-refractivity contribution >= 4 is 6.03 Å². The number of carbonyl (C=O) groups excluding carboxylic acids is 1. The van der Waals surface area contributed by atoms with E-state index >= 15 is 0 Å². The zero-order chi connectivity index (χ0) is 16.1. The minimum Gasteiger partial charge on any atom is -0.337 e. The second-order valence-electron chi connectivity index (χ2n) is 6.79. The average Bonchev–Trinajstić information content (AvgIpc) is 3.05. The molecule has 6 nitrogen and oxygen atoms in total. The molecule has 2 amide bonds. The van der Waals surface area contributed by atoms with Crippen molar-refractivity contribution in [2.75, 3.05) is 6.54 Å². The molecule has 0 spiro atoms. The van der Waals surface area contributed by atoms with Crippen molar-refractivity contribution in [3.8, 4) is 0 Å². The SMILES string of the molecule is CCCc1noc([C@@H]2CCCCN2C(=O)NC2CCCCC2)n1. The number of hydrogen-bond acceptors (Lipinski definition) is 4. The molecule has 1 N–H and O–H groups in total. The van der Waals surface area contributed by atoms with E-state index < -0.39 is 0 Å². The fourth-order valence-corrected chi connectivity index (χ4v) is 3.66. The number of carbonyl (C=O) groups is 1. The van der Waals surface area contributed by atoms with Crippen LogP contribution >= 0.6 is 0 Å². The smallest absolute Gasteiger partial charge is 0.318 e. The zero-order valence-electron chi connectivity index (χ0n) is 14.1. The van der Waals surface area contributed by atoms with Gasteiger partial charge in [-0.2, -0.15) is 4.98 Å². The third kappa shape index (κ3) is 4.03. The standard InChI is InChI=1S/C17H28N4O2/c1-2-8-15-19-16(23-20-15)14-11-6-7-12-21(14)17(22)18-13-9-4-3-5-10-13/h13-14H,2-12H2,1H3,(H,18,22)/t14-/m0/s1. The van der Waals surface area contributed by atoms with Gasteiger partial charge in [0.15, 0.2) is 5.82 Å². The summed E-state index contributed by atoms with van der Waals surface area (Å²) in [7, 11) is 0. The molecule has 3 rings (SSSR count). The highest BCUT2D eigenvalue weighted by molar-refractivity contribution is 5.75. The molecule has 6 heteroatoms. The number of urea groups is 1. The maximum atomic E-state index is 12.7.